The number of carbonyl (C=O) groups excluding carboxylic acids is 2. The van der Waals surface area contributed by atoms with Crippen LogP contribution in [0.25, 0.3) is 0 Å². The Morgan fingerprint density at radius 1 is 1.16 bits per heavy atom. The average molecular weight is 523 g/mol. The molecule has 3 aliphatic rings. The Kier molecular flexibility index (Phi) is 6.00. The van der Waals surface area contributed by atoms with Gasteiger partial charge in [-0.1, -0.05) is 12.1 Å². The lowest BCUT2D eigenvalue weighted by Gasteiger charge is -2.43. The number of hydrogen-bond donors (Lipinski definition) is 2. The summed E-state index contributed by atoms with van der Waals surface area (Å²) in [5.41, 5.74) is 1.18. The van der Waals surface area contributed by atoms with E-state index in [0.29, 0.717) is 56.7 Å². The molecule has 1 fully saturated rings. The minimum Gasteiger partial charge on any atom is -0.437 e. The number of imidazole rings is 1. The number of nitrogens with zero attached hydrogens (tertiary/aromatic N) is 4. The van der Waals surface area contributed by atoms with Gasteiger partial charge in [-0.05, 0) is 43.5 Å². The second-order valence-corrected chi connectivity index (χ2v) is 10.2. The van der Waals surface area contributed by atoms with Crippen LogP contribution in [0.4, 0.5) is 24.2 Å². The lowest BCUT2D eigenvalue weighted by Crippen LogP contribution is -2.52. The van der Waals surface area contributed by atoms with E-state index < -0.39 is 23.3 Å². The van der Waals surface area contributed by atoms with E-state index >= 15 is 0 Å². The Labute approximate surface area is 218 Å². The van der Waals surface area contributed by atoms with Crippen molar-refractivity contribution < 1.29 is 23.1 Å². The summed E-state index contributed by atoms with van der Waals surface area (Å²) >= 11 is 0. The maximum atomic E-state index is 14.6. The topological polar surface area (TPSA) is 101 Å². The zero-order valence-electron chi connectivity index (χ0n) is 20.9. The smallest absolute Gasteiger partial charge is 0.413 e. The molecule has 3 amide bonds. The van der Waals surface area contributed by atoms with Gasteiger partial charge in [-0.2, -0.15) is 0 Å². The first kappa shape index (κ1) is 24.3. The predicted octanol–water partition coefficient (Wildman–Crippen LogP) is 4.75. The van der Waals surface area contributed by atoms with Crippen molar-refractivity contribution in [2.24, 2.45) is 0 Å². The number of urea groups is 1. The van der Waals surface area contributed by atoms with Crippen LogP contribution in [0, 0.1) is 18.6 Å². The Morgan fingerprint density at radius 3 is 2.79 bits per heavy atom. The second-order valence-electron chi connectivity index (χ2n) is 10.2. The van der Waals surface area contributed by atoms with Crippen LogP contribution in [0.5, 0.6) is 0 Å². The van der Waals surface area contributed by atoms with Crippen LogP contribution < -0.4 is 10.6 Å². The summed E-state index contributed by atoms with van der Waals surface area (Å²) in [4.78, 5) is 36.0. The third-order valence-corrected chi connectivity index (χ3v) is 8.03. The molecular formula is C27H28F2N6O3. The number of hydrogen-bond acceptors (Lipinski definition) is 5. The lowest BCUT2D eigenvalue weighted by molar-refractivity contribution is -0.0308. The fourth-order valence-electron chi connectivity index (χ4n) is 5.97. The van der Waals surface area contributed by atoms with Crippen LogP contribution in [0.1, 0.15) is 60.3 Å². The number of amides is 3. The highest BCUT2D eigenvalue weighted by atomic mass is 19.2. The highest BCUT2D eigenvalue weighted by Gasteiger charge is 2.46. The summed E-state index contributed by atoms with van der Waals surface area (Å²) in [6, 6.07) is 7.41. The maximum Gasteiger partial charge on any atom is 0.413 e. The molecule has 9 nitrogen and oxygen atoms in total. The van der Waals surface area contributed by atoms with Crippen molar-refractivity contribution in [2.45, 2.75) is 56.7 Å². The van der Waals surface area contributed by atoms with Crippen molar-refractivity contribution in [3.8, 4) is 0 Å². The van der Waals surface area contributed by atoms with E-state index in [1.54, 1.807) is 29.4 Å². The molecule has 0 aliphatic carbocycles. The SMILES string of the molecule is Cc1ncc2n1C[C@H](c1cccc(F)c1F)CC[C@H]2NC(=O)N1CCC2(CC1)OC(=O)Nc1ncccc12. The first-order chi connectivity index (χ1) is 18.3. The van der Waals surface area contributed by atoms with E-state index in [4.69, 9.17) is 4.74 Å². The van der Waals surface area contributed by atoms with Crippen molar-refractivity contribution in [3.63, 3.8) is 0 Å². The number of piperidine rings is 1. The molecule has 2 atom stereocenters. The van der Waals surface area contributed by atoms with Crippen molar-refractivity contribution >= 4 is 17.9 Å². The first-order valence-corrected chi connectivity index (χ1v) is 12.8. The summed E-state index contributed by atoms with van der Waals surface area (Å²) < 4.78 is 36.3. The highest BCUT2D eigenvalue weighted by molar-refractivity contribution is 5.87. The molecule has 1 spiro atoms. The van der Waals surface area contributed by atoms with Crippen molar-refractivity contribution in [3.05, 3.63) is 77.0 Å². The molecule has 6 rings (SSSR count). The molecule has 198 valence electrons. The molecule has 3 aliphatic heterocycles. The van der Waals surface area contributed by atoms with Gasteiger partial charge in [0.15, 0.2) is 11.6 Å². The molecule has 5 heterocycles. The molecular weight excluding hydrogens is 494 g/mol. The third-order valence-electron chi connectivity index (χ3n) is 8.03. The van der Waals surface area contributed by atoms with Gasteiger partial charge in [0.25, 0.3) is 0 Å². The number of nitrogens with one attached hydrogen (secondary N) is 2. The van der Waals surface area contributed by atoms with Crippen LogP contribution in [0.2, 0.25) is 0 Å². The number of benzene rings is 1. The molecule has 0 radical (unpaired) electrons. The molecule has 1 aromatic carbocycles. The standard InChI is InChI=1S/C27H28F2N6O3/c1-16-31-14-22-21(8-7-17(15-35(16)22)18-4-2-6-20(28)23(18)29)32-25(36)34-12-9-27(10-13-34)19-5-3-11-30-24(19)33-26(37)38-27/h2-6,11,14,17,21H,7-10,12-13,15H2,1H3,(H,32,36)(H,30,33,37)/t17-,21-/m1/s1. The second kappa shape index (κ2) is 9.38. The molecule has 2 N–H and O–H groups in total. The van der Waals surface area contributed by atoms with Crippen LogP contribution in [-0.2, 0) is 16.9 Å². The predicted molar refractivity (Wildman–Crippen MR) is 133 cm³/mol. The molecule has 0 bridgehead atoms. The first-order valence-electron chi connectivity index (χ1n) is 12.8. The van der Waals surface area contributed by atoms with Gasteiger partial charge in [0, 0.05) is 50.2 Å². The molecule has 3 aromatic rings. The van der Waals surface area contributed by atoms with Gasteiger partial charge in [-0.25, -0.2) is 28.3 Å². The summed E-state index contributed by atoms with van der Waals surface area (Å²) in [5.74, 6) is -0.690. The molecule has 1 saturated heterocycles. The van der Waals surface area contributed by atoms with Crippen molar-refractivity contribution in [1.82, 2.24) is 24.8 Å². The van der Waals surface area contributed by atoms with Crippen LogP contribution in [0.3, 0.4) is 0 Å². The minimum absolute atomic E-state index is 0.225. The van der Waals surface area contributed by atoms with Gasteiger partial charge < -0.3 is 19.5 Å². The third kappa shape index (κ3) is 4.15. The van der Waals surface area contributed by atoms with Gasteiger partial charge in [-0.3, -0.25) is 5.32 Å². The number of pyridine rings is 1. The Bertz CT molecular complexity index is 1400. The number of aromatic nitrogens is 3. The number of rotatable bonds is 2. The zero-order valence-corrected chi connectivity index (χ0v) is 20.9. The fraction of sp³-hybridized carbons (Fsp3) is 0.407. The summed E-state index contributed by atoms with van der Waals surface area (Å²) in [7, 11) is 0. The molecule has 38 heavy (non-hydrogen) atoms. The van der Waals surface area contributed by atoms with Gasteiger partial charge in [0.05, 0.1) is 17.9 Å². The number of likely N-dealkylation sites (tertiary alicyclic amines) is 1. The fourth-order valence-corrected chi connectivity index (χ4v) is 5.97. The largest absolute Gasteiger partial charge is 0.437 e. The van der Waals surface area contributed by atoms with Crippen molar-refractivity contribution in [1.29, 1.82) is 0 Å². The van der Waals surface area contributed by atoms with Crippen molar-refractivity contribution in [2.75, 3.05) is 18.4 Å². The van der Waals surface area contributed by atoms with E-state index in [0.717, 1.165) is 23.1 Å². The number of carbonyl (C=O) groups is 2. The highest BCUT2D eigenvalue weighted by Crippen LogP contribution is 2.43. The monoisotopic (exact) mass is 522 g/mol. The molecule has 0 saturated carbocycles. The van der Waals surface area contributed by atoms with Gasteiger partial charge >= 0.3 is 12.1 Å². The number of aryl methyl sites for hydroxylation is 1. The summed E-state index contributed by atoms with van der Waals surface area (Å²) in [6.45, 7) is 3.11. The Hall–Kier alpha value is -4.02. The van der Waals surface area contributed by atoms with E-state index in [-0.39, 0.29) is 18.0 Å². The number of halogens is 2. The Morgan fingerprint density at radius 2 is 1.97 bits per heavy atom. The van der Waals surface area contributed by atoms with E-state index in [2.05, 4.69) is 20.6 Å². The lowest BCUT2D eigenvalue weighted by atomic mass is 9.83. The van der Waals surface area contributed by atoms with Gasteiger partial charge in [0.1, 0.15) is 17.2 Å². The average Bonchev–Trinajstić information content (AvgIpc) is 3.17. The van der Waals surface area contributed by atoms with Crippen LogP contribution in [-0.4, -0.2) is 44.6 Å². The number of ether oxygens (including phenoxy) is 1. The molecule has 11 heteroatoms. The molecule has 2 aromatic heterocycles. The Balaban J connectivity index is 1.17. The van der Waals surface area contributed by atoms with Gasteiger partial charge in [-0.15, -0.1) is 0 Å². The van der Waals surface area contributed by atoms with Crippen LogP contribution in [0.15, 0.2) is 42.7 Å². The number of fused-ring (bicyclic) bond motifs is 3. The molecule has 0 unspecified atom stereocenters. The summed E-state index contributed by atoms with van der Waals surface area (Å²) in [6.07, 6.45) is 4.85. The van der Waals surface area contributed by atoms with E-state index in [1.807, 2.05) is 17.6 Å². The quantitative estimate of drug-likeness (QED) is 0.506. The number of anilines is 1. The van der Waals surface area contributed by atoms with Crippen LogP contribution >= 0.6 is 0 Å². The van der Waals surface area contributed by atoms with E-state index in [1.165, 1.54) is 6.07 Å². The summed E-state index contributed by atoms with van der Waals surface area (Å²) in [5, 5.41) is 5.78. The van der Waals surface area contributed by atoms with E-state index in [9.17, 15) is 18.4 Å². The zero-order chi connectivity index (χ0) is 26.4. The maximum absolute atomic E-state index is 14.6. The van der Waals surface area contributed by atoms with Gasteiger partial charge in [0.2, 0.25) is 0 Å². The normalized spacial score (nSPS) is 22.1. The minimum atomic E-state index is -0.861.